The van der Waals surface area contributed by atoms with Crippen LogP contribution in [0.2, 0.25) is 18.1 Å². The van der Waals surface area contributed by atoms with E-state index >= 15 is 0 Å². The number of carbonyl (C=O) groups excluding carboxylic acids is 2. The van der Waals surface area contributed by atoms with Gasteiger partial charge in [-0.1, -0.05) is 20.8 Å². The van der Waals surface area contributed by atoms with Gasteiger partial charge in [0.2, 0.25) is 0 Å². The number of rotatable bonds is 8. The lowest BCUT2D eigenvalue weighted by Gasteiger charge is -2.41. The highest BCUT2D eigenvalue weighted by molar-refractivity contribution is 6.74. The Bertz CT molecular complexity index is 850. The largest absolute Gasteiger partial charge is 0.444 e. The molecular weight excluding hydrogens is 450 g/mol. The van der Waals surface area contributed by atoms with Gasteiger partial charge in [-0.15, -0.1) is 0 Å². The van der Waals surface area contributed by atoms with E-state index in [1.807, 2.05) is 6.92 Å². The zero-order valence-corrected chi connectivity index (χ0v) is 23.3. The van der Waals surface area contributed by atoms with E-state index in [1.54, 1.807) is 39.2 Å². The number of amides is 1. The lowest BCUT2D eigenvalue weighted by Crippen LogP contribution is -2.57. The SMILES string of the molecule is CC(O[Si](C)(C)C(C)(C)C)C(CC(=O)C1(CO)CCCN1C(=O)OC(C)(C)C)c1ncccn1. The van der Waals surface area contributed by atoms with Gasteiger partial charge in [0.15, 0.2) is 14.1 Å². The standard InChI is InChI=1S/C25H43N3O5Si/c1-18(33-34(8,9)24(5,6)7)19(21-26-13-11-14-27-21)16-20(30)25(17-29)12-10-15-28(25)22(31)32-23(2,3)4/h11,13-14,18-19,29H,10,12,15-17H2,1-9H3. The lowest BCUT2D eigenvalue weighted by atomic mass is 9.84. The molecule has 1 amide bonds. The van der Waals surface area contributed by atoms with Gasteiger partial charge >= 0.3 is 6.09 Å². The highest BCUT2D eigenvalue weighted by atomic mass is 28.4. The van der Waals surface area contributed by atoms with Crippen molar-refractivity contribution in [1.29, 1.82) is 0 Å². The van der Waals surface area contributed by atoms with Gasteiger partial charge < -0.3 is 14.3 Å². The van der Waals surface area contributed by atoms with Crippen LogP contribution in [-0.2, 0) is 14.0 Å². The number of ketones is 1. The molecule has 3 unspecified atom stereocenters. The molecule has 0 aromatic carbocycles. The Hall–Kier alpha value is -1.84. The van der Waals surface area contributed by atoms with Crippen LogP contribution in [0.3, 0.4) is 0 Å². The number of aliphatic hydroxyl groups excluding tert-OH is 1. The van der Waals surface area contributed by atoms with Crippen molar-refractivity contribution in [1.82, 2.24) is 14.9 Å². The molecule has 9 heteroatoms. The Morgan fingerprint density at radius 3 is 2.26 bits per heavy atom. The first kappa shape index (κ1) is 28.4. The van der Waals surface area contributed by atoms with Crippen LogP contribution in [0, 0.1) is 0 Å². The Balaban J connectivity index is 2.36. The van der Waals surface area contributed by atoms with Gasteiger partial charge in [0, 0.05) is 25.4 Å². The second-order valence-corrected chi connectivity index (χ2v) is 16.6. The van der Waals surface area contributed by atoms with E-state index in [-0.39, 0.29) is 23.3 Å². The summed E-state index contributed by atoms with van der Waals surface area (Å²) in [6.07, 6.45) is 3.48. The van der Waals surface area contributed by atoms with Crippen molar-refractivity contribution in [3.63, 3.8) is 0 Å². The maximum atomic E-state index is 13.8. The Labute approximate surface area is 205 Å². The van der Waals surface area contributed by atoms with Gasteiger partial charge in [-0.05, 0) is 64.7 Å². The molecule has 8 nitrogen and oxygen atoms in total. The summed E-state index contributed by atoms with van der Waals surface area (Å²) in [5.74, 6) is -0.106. The zero-order chi connectivity index (χ0) is 25.9. The normalized spacial score (nSPS) is 21.3. The third kappa shape index (κ3) is 6.43. The fourth-order valence-corrected chi connectivity index (χ4v) is 5.53. The smallest absolute Gasteiger partial charge is 0.411 e. The van der Waals surface area contributed by atoms with Crippen LogP contribution < -0.4 is 0 Å². The van der Waals surface area contributed by atoms with E-state index in [1.165, 1.54) is 4.90 Å². The van der Waals surface area contributed by atoms with E-state index in [9.17, 15) is 14.7 Å². The molecule has 1 saturated heterocycles. The number of hydrogen-bond donors (Lipinski definition) is 1. The summed E-state index contributed by atoms with van der Waals surface area (Å²) in [6.45, 7) is 18.1. The maximum Gasteiger partial charge on any atom is 0.411 e. The fourth-order valence-electron chi connectivity index (χ4n) is 4.09. The third-order valence-electron chi connectivity index (χ3n) is 7.06. The first-order valence-corrected chi connectivity index (χ1v) is 15.0. The minimum atomic E-state index is -2.13. The van der Waals surface area contributed by atoms with E-state index in [0.29, 0.717) is 25.2 Å². The van der Waals surface area contributed by atoms with Gasteiger partial charge in [0.25, 0.3) is 0 Å². The molecule has 0 saturated carbocycles. The predicted molar refractivity (Wildman–Crippen MR) is 134 cm³/mol. The fraction of sp³-hybridized carbons (Fsp3) is 0.760. The van der Waals surface area contributed by atoms with Gasteiger partial charge in [-0.25, -0.2) is 14.8 Å². The molecule has 1 fully saturated rings. The Kier molecular flexibility index (Phi) is 8.70. The molecule has 34 heavy (non-hydrogen) atoms. The van der Waals surface area contributed by atoms with Gasteiger partial charge in [-0.3, -0.25) is 9.69 Å². The number of nitrogens with zero attached hydrogens (tertiary/aromatic N) is 3. The average molecular weight is 494 g/mol. The molecule has 2 rings (SSSR count). The van der Waals surface area contributed by atoms with Crippen LogP contribution in [-0.4, -0.2) is 70.6 Å². The van der Waals surface area contributed by atoms with Crippen molar-refractivity contribution in [3.05, 3.63) is 24.3 Å². The number of Topliss-reactive ketones (excluding diaryl/α,β-unsaturated/α-hetero) is 1. The van der Waals surface area contributed by atoms with Gasteiger partial charge in [-0.2, -0.15) is 0 Å². The Morgan fingerprint density at radius 2 is 1.76 bits per heavy atom. The van der Waals surface area contributed by atoms with Crippen molar-refractivity contribution in [2.75, 3.05) is 13.2 Å². The maximum absolute atomic E-state index is 13.8. The summed E-state index contributed by atoms with van der Waals surface area (Å²) in [7, 11) is -2.13. The molecule has 1 N–H and O–H groups in total. The highest BCUT2D eigenvalue weighted by Crippen LogP contribution is 2.40. The number of hydrogen-bond acceptors (Lipinski definition) is 7. The average Bonchev–Trinajstić information content (AvgIpc) is 3.15. The van der Waals surface area contributed by atoms with Crippen LogP contribution in [0.15, 0.2) is 18.5 Å². The summed E-state index contributed by atoms with van der Waals surface area (Å²) < 4.78 is 12.2. The monoisotopic (exact) mass is 493 g/mol. The molecule has 1 aliphatic heterocycles. The first-order valence-electron chi connectivity index (χ1n) is 12.1. The molecule has 3 atom stereocenters. The molecule has 192 valence electrons. The summed E-state index contributed by atoms with van der Waals surface area (Å²) in [6, 6.07) is 1.73. The molecule has 2 heterocycles. The van der Waals surface area contributed by atoms with Crippen molar-refractivity contribution >= 4 is 20.2 Å². The quantitative estimate of drug-likeness (QED) is 0.524. The number of ether oxygens (including phenoxy) is 1. The van der Waals surface area contributed by atoms with Crippen molar-refractivity contribution in [3.8, 4) is 0 Å². The highest BCUT2D eigenvalue weighted by Gasteiger charge is 2.51. The van der Waals surface area contributed by atoms with Crippen LogP contribution in [0.1, 0.15) is 79.5 Å². The lowest BCUT2D eigenvalue weighted by molar-refractivity contribution is -0.133. The molecule has 0 radical (unpaired) electrons. The summed E-state index contributed by atoms with van der Waals surface area (Å²) in [4.78, 5) is 37.0. The zero-order valence-electron chi connectivity index (χ0n) is 22.3. The van der Waals surface area contributed by atoms with E-state index in [0.717, 1.165) is 0 Å². The molecule has 1 aromatic rings. The number of carbonyl (C=O) groups is 2. The third-order valence-corrected chi connectivity index (χ3v) is 11.6. The van der Waals surface area contributed by atoms with Gasteiger partial charge in [0.05, 0.1) is 18.6 Å². The molecule has 1 aromatic heterocycles. The Morgan fingerprint density at radius 1 is 1.18 bits per heavy atom. The molecule has 0 bridgehead atoms. The van der Waals surface area contributed by atoms with E-state index in [4.69, 9.17) is 9.16 Å². The van der Waals surface area contributed by atoms with Crippen LogP contribution >= 0.6 is 0 Å². The molecule has 0 aliphatic carbocycles. The van der Waals surface area contributed by atoms with Crippen molar-refractivity contribution in [2.24, 2.45) is 0 Å². The van der Waals surface area contributed by atoms with Crippen LogP contribution in [0.5, 0.6) is 0 Å². The summed E-state index contributed by atoms with van der Waals surface area (Å²) >= 11 is 0. The van der Waals surface area contributed by atoms with Crippen molar-refractivity contribution < 1.29 is 23.9 Å². The summed E-state index contributed by atoms with van der Waals surface area (Å²) in [5, 5.41) is 10.4. The number of aromatic nitrogens is 2. The van der Waals surface area contributed by atoms with Gasteiger partial charge in [0.1, 0.15) is 17.0 Å². The molecule has 1 aliphatic rings. The summed E-state index contributed by atoms with van der Waals surface area (Å²) in [5.41, 5.74) is -2.01. The topological polar surface area (TPSA) is 102 Å². The molecule has 0 spiro atoms. The van der Waals surface area contributed by atoms with Crippen LogP contribution in [0.4, 0.5) is 4.79 Å². The second-order valence-electron chi connectivity index (χ2n) is 11.8. The number of likely N-dealkylation sites (tertiary alicyclic amines) is 1. The van der Waals surface area contributed by atoms with Crippen LogP contribution in [0.25, 0.3) is 0 Å². The minimum Gasteiger partial charge on any atom is -0.444 e. The van der Waals surface area contributed by atoms with E-state index < -0.39 is 38.1 Å². The minimum absolute atomic E-state index is 0.00134. The second kappa shape index (κ2) is 10.4. The first-order chi connectivity index (χ1) is 15.5. The van der Waals surface area contributed by atoms with E-state index in [2.05, 4.69) is 43.8 Å². The predicted octanol–water partition coefficient (Wildman–Crippen LogP) is 4.69. The molecular formula is C25H43N3O5Si. The van der Waals surface area contributed by atoms with Crippen molar-refractivity contribution in [2.45, 2.75) is 109 Å². The number of aliphatic hydroxyl groups is 1.